The van der Waals surface area contributed by atoms with Gasteiger partial charge in [-0.3, -0.25) is 29.0 Å². The number of nitrogens with zero attached hydrogens (tertiary/aromatic N) is 1. The first-order valence-corrected chi connectivity index (χ1v) is 26.6. The highest BCUT2D eigenvalue weighted by Gasteiger charge is 2.68. The first kappa shape index (κ1) is 54.0. The Morgan fingerprint density at radius 2 is 1.49 bits per heavy atom. The Hall–Kier alpha value is -4.75. The van der Waals surface area contributed by atoms with E-state index in [9.17, 15) is 24.0 Å². The van der Waals surface area contributed by atoms with E-state index in [1.165, 1.54) is 56.9 Å². The molecule has 6 bridgehead atoms. The smallest absolute Gasteiger partial charge is 0.481 e. The highest BCUT2D eigenvalue weighted by Crippen LogP contribution is 2.65. The Bertz CT molecular complexity index is 2200. The molecule has 9 N–H and O–H groups in total. The van der Waals surface area contributed by atoms with Crippen molar-refractivity contribution < 1.29 is 42.8 Å². The lowest BCUT2D eigenvalue weighted by molar-refractivity contribution is -0.199. The quantitative estimate of drug-likeness (QED) is 0.0581. The maximum absolute atomic E-state index is 14.7. The summed E-state index contributed by atoms with van der Waals surface area (Å²) in [7, 11) is -0.692. The summed E-state index contributed by atoms with van der Waals surface area (Å²) in [6.45, 7) is 13.2. The van der Waals surface area contributed by atoms with Crippen molar-refractivity contribution in [3.63, 3.8) is 0 Å². The van der Waals surface area contributed by atoms with Gasteiger partial charge in [-0.1, -0.05) is 97.1 Å². The molecule has 5 amide bonds. The minimum Gasteiger partial charge on any atom is -0.492 e. The number of hydrogen-bond acceptors (Lipinski definition) is 12. The number of carbonyl (C=O) groups excluding carboxylic acids is 5. The van der Waals surface area contributed by atoms with Crippen molar-refractivity contribution in [2.24, 2.45) is 28.7 Å². The van der Waals surface area contributed by atoms with Crippen LogP contribution in [0.15, 0.2) is 36.4 Å². The van der Waals surface area contributed by atoms with Crippen LogP contribution in [0.3, 0.4) is 0 Å². The van der Waals surface area contributed by atoms with E-state index >= 15 is 0 Å². The molecule has 17 nitrogen and oxygen atoms in total. The second-order valence-electron chi connectivity index (χ2n) is 21.4. The monoisotopic (exact) mass is 985 g/mol. The summed E-state index contributed by atoms with van der Waals surface area (Å²) in [5, 5.41) is 12.9. The van der Waals surface area contributed by atoms with Gasteiger partial charge in [-0.15, -0.1) is 0 Å². The van der Waals surface area contributed by atoms with Gasteiger partial charge >= 0.3 is 7.12 Å². The molecule has 9 atom stereocenters. The molecule has 3 heterocycles. The lowest BCUT2D eigenvalue weighted by Crippen LogP contribution is -2.65. The molecule has 390 valence electrons. The van der Waals surface area contributed by atoms with E-state index in [4.69, 9.17) is 30.2 Å². The largest absolute Gasteiger partial charge is 0.492 e. The molecule has 2 aromatic carbocycles. The maximum atomic E-state index is 14.7. The highest BCUT2D eigenvalue weighted by atomic mass is 16.7. The van der Waals surface area contributed by atoms with Crippen molar-refractivity contribution in [1.82, 2.24) is 31.7 Å². The van der Waals surface area contributed by atoms with E-state index in [1.54, 1.807) is 24.3 Å². The molecule has 3 aliphatic heterocycles. The number of hydrazine groups is 1. The number of ether oxygens (including phenoxy) is 2. The van der Waals surface area contributed by atoms with Crippen molar-refractivity contribution in [3.8, 4) is 22.6 Å². The number of hydrogen-bond donors (Lipinski definition) is 7. The van der Waals surface area contributed by atoms with E-state index in [2.05, 4.69) is 54.4 Å². The van der Waals surface area contributed by atoms with Crippen LogP contribution >= 0.6 is 0 Å². The Balaban J connectivity index is 1.10. The number of benzene rings is 2. The number of amides is 5. The topological polar surface area (TPSA) is 238 Å². The fraction of sp³-hybridized carbons (Fsp3) is 0.679. The molecule has 0 radical (unpaired) electrons. The van der Waals surface area contributed by atoms with Gasteiger partial charge in [0.15, 0.2) is 6.04 Å². The Labute approximate surface area is 421 Å². The first-order chi connectivity index (χ1) is 34.1. The van der Waals surface area contributed by atoms with Crippen molar-refractivity contribution in [3.05, 3.63) is 47.5 Å². The molecule has 18 heteroatoms. The minimum atomic E-state index is -1.32. The summed E-state index contributed by atoms with van der Waals surface area (Å²) >= 11 is 0. The molecule has 3 saturated carbocycles. The number of carbonyl (C=O) groups is 5. The van der Waals surface area contributed by atoms with Crippen LogP contribution in [0.4, 0.5) is 0 Å². The zero-order valence-corrected chi connectivity index (χ0v) is 43.1. The van der Waals surface area contributed by atoms with Gasteiger partial charge in [0.05, 0.1) is 17.6 Å². The predicted molar refractivity (Wildman–Crippen MR) is 273 cm³/mol. The van der Waals surface area contributed by atoms with E-state index in [0.29, 0.717) is 45.6 Å². The van der Waals surface area contributed by atoms with Gasteiger partial charge < -0.3 is 51.5 Å². The second kappa shape index (κ2) is 24.3. The normalized spacial score (nSPS) is 27.2. The Morgan fingerprint density at radius 3 is 2.14 bits per heavy atom. The van der Waals surface area contributed by atoms with Crippen LogP contribution < -0.4 is 47.6 Å². The number of nitrogens with one attached hydrogen (secondary N) is 5. The summed E-state index contributed by atoms with van der Waals surface area (Å²) in [6.07, 6.45) is 15.0. The minimum absolute atomic E-state index is 0.0530. The van der Waals surface area contributed by atoms with Crippen LogP contribution in [0, 0.1) is 17.3 Å². The average Bonchev–Trinajstić information content (AvgIpc) is 3.89. The van der Waals surface area contributed by atoms with Crippen LogP contribution in [0.1, 0.15) is 149 Å². The molecule has 5 fully saturated rings. The molecule has 8 rings (SSSR count). The summed E-state index contributed by atoms with van der Waals surface area (Å²) in [5.74, 6) is -1.27. The lowest BCUT2D eigenvalue weighted by Gasteiger charge is -2.64. The van der Waals surface area contributed by atoms with E-state index < -0.39 is 66.5 Å². The molecule has 6 aliphatic rings. The third-order valence-corrected chi connectivity index (χ3v) is 15.8. The van der Waals surface area contributed by atoms with Crippen LogP contribution in [0.2, 0.25) is 0 Å². The van der Waals surface area contributed by atoms with Gasteiger partial charge in [-0.25, -0.2) is 5.43 Å². The van der Waals surface area contributed by atoms with Crippen LogP contribution in [-0.4, -0.2) is 110 Å². The van der Waals surface area contributed by atoms with Crippen molar-refractivity contribution in [2.45, 2.75) is 180 Å². The van der Waals surface area contributed by atoms with E-state index in [0.717, 1.165) is 38.5 Å². The second-order valence-corrected chi connectivity index (χ2v) is 21.4. The van der Waals surface area contributed by atoms with Crippen LogP contribution in [-0.2, 0) is 39.7 Å². The van der Waals surface area contributed by atoms with Gasteiger partial charge in [-0.05, 0) is 92.7 Å². The number of unbranched alkanes of at least 4 members (excludes halogenated alkanes) is 10. The molecule has 71 heavy (non-hydrogen) atoms. The van der Waals surface area contributed by atoms with Gasteiger partial charge in [0, 0.05) is 43.6 Å². The molecule has 2 saturated heterocycles. The predicted octanol–water partition coefficient (Wildman–Crippen LogP) is 4.92. The molecule has 0 aromatic heterocycles. The zero-order valence-electron chi connectivity index (χ0n) is 43.1. The number of nitrogens with two attached hydrogens (primary N) is 2. The van der Waals surface area contributed by atoms with Gasteiger partial charge in [0.25, 0.3) is 5.91 Å². The van der Waals surface area contributed by atoms with Crippen molar-refractivity contribution >= 4 is 36.7 Å². The van der Waals surface area contributed by atoms with Gasteiger partial charge in [0.1, 0.15) is 42.8 Å². The van der Waals surface area contributed by atoms with Gasteiger partial charge in [-0.2, -0.15) is 0 Å². The van der Waals surface area contributed by atoms with Crippen LogP contribution in [0.5, 0.6) is 11.5 Å². The lowest BCUT2D eigenvalue weighted by atomic mass is 9.43. The SMILES string of the molecule is CCCCCCCCCCCCCC(=O)N[C@H]1CNN([C@@H]2C(=O)N[C@@H](C)C(=O)N[C@H](C(=O)N[C@@H](C)B3O[C@@H]4C[C@@H]5C[C@@H](C5(C)C)[C@]4(C)O3)Cc3ccc(OCCN)c(c3)-c3cc2ccc3OCCN)C1=O. The Kier molecular flexibility index (Phi) is 18.5. The summed E-state index contributed by atoms with van der Waals surface area (Å²) in [6, 6.07) is 6.13. The van der Waals surface area contributed by atoms with Crippen LogP contribution in [0.25, 0.3) is 11.1 Å². The average molecular weight is 985 g/mol. The fourth-order valence-corrected chi connectivity index (χ4v) is 11.5. The molecule has 0 unspecified atom stereocenters. The molecular formula is C53H81BN8O9. The van der Waals surface area contributed by atoms with E-state index in [1.807, 2.05) is 19.1 Å². The third kappa shape index (κ3) is 12.5. The molecular weight excluding hydrogens is 903 g/mol. The molecule has 0 spiro atoms. The number of fused-ring (bicyclic) bond motifs is 5. The summed E-state index contributed by atoms with van der Waals surface area (Å²) in [5.41, 5.74) is 16.7. The highest BCUT2D eigenvalue weighted by molar-refractivity contribution is 6.47. The van der Waals surface area contributed by atoms with Crippen molar-refractivity contribution in [2.75, 3.05) is 32.8 Å². The molecule has 2 aromatic rings. The first-order valence-electron chi connectivity index (χ1n) is 26.6. The fourth-order valence-electron chi connectivity index (χ4n) is 11.5. The van der Waals surface area contributed by atoms with Crippen molar-refractivity contribution in [1.29, 1.82) is 0 Å². The summed E-state index contributed by atoms with van der Waals surface area (Å²) in [4.78, 5) is 70.8. The number of rotatable bonds is 23. The maximum Gasteiger partial charge on any atom is 0.481 e. The summed E-state index contributed by atoms with van der Waals surface area (Å²) < 4.78 is 25.6. The standard InChI is InChI=1S/C53H81BN8O9/c1-7-8-9-10-11-12-13-14-15-16-17-18-46(63)60-41-32-57-62(51(41)67)47-36-20-22-43(69-26-24-56)39(29-36)38-27-35(19-21-42(38)68-25-23-55)28-40(61-48(64)33(2)58-50(47)66)49(65)59-34(3)54-70-45-31-37-30-44(52(37,4)5)53(45,6)71-54/h19-22,27,29,33-34,37,40-41,44-45,47,57H,7-18,23-26,28,30-32,55-56H2,1-6H3,(H,58,66)(H,59,65)(H,60,63)(H,61,64)/t33-,34-,37-,40-,41-,44-,45+,47-,53-/m0/s1. The Morgan fingerprint density at radius 1 is 0.859 bits per heavy atom. The molecule has 3 aliphatic carbocycles. The zero-order chi connectivity index (χ0) is 50.9. The van der Waals surface area contributed by atoms with Gasteiger partial charge in [0.2, 0.25) is 23.6 Å². The third-order valence-electron chi connectivity index (χ3n) is 15.8. The van der Waals surface area contributed by atoms with E-state index in [-0.39, 0.29) is 63.1 Å².